The van der Waals surface area contributed by atoms with E-state index in [1.165, 1.54) is 19.3 Å². The molecule has 0 spiro atoms. The van der Waals surface area contributed by atoms with Crippen LogP contribution >= 0.6 is 0 Å². The first-order valence-electron chi connectivity index (χ1n) is 10.00. The molecule has 1 rings (SSSR count). The second-order valence-electron chi connectivity index (χ2n) is 7.13. The quantitative estimate of drug-likeness (QED) is 0.310. The van der Waals surface area contributed by atoms with Crippen molar-refractivity contribution in [3.05, 3.63) is 30.3 Å². The van der Waals surface area contributed by atoms with E-state index in [9.17, 15) is 13.2 Å². The van der Waals surface area contributed by atoms with Crippen LogP contribution in [-0.4, -0.2) is 26.6 Å². The number of hydrogen-bond donors (Lipinski definition) is 3. The van der Waals surface area contributed by atoms with Crippen LogP contribution in [0.25, 0.3) is 0 Å². The van der Waals surface area contributed by atoms with Crippen molar-refractivity contribution in [3.8, 4) is 0 Å². The predicted octanol–water partition coefficient (Wildman–Crippen LogP) is 3.83. The number of hydrazine groups is 1. The summed E-state index contributed by atoms with van der Waals surface area (Å²) in [6.07, 6.45) is 7.41. The molecule has 0 aliphatic heterocycles. The lowest BCUT2D eigenvalue weighted by Crippen LogP contribution is -2.41. The van der Waals surface area contributed by atoms with Gasteiger partial charge in [-0.25, -0.2) is 13.8 Å². The minimum absolute atomic E-state index is 0.0308. The van der Waals surface area contributed by atoms with Crippen LogP contribution in [0.15, 0.2) is 30.3 Å². The van der Waals surface area contributed by atoms with E-state index in [0.717, 1.165) is 18.5 Å². The molecule has 0 radical (unpaired) electrons. The van der Waals surface area contributed by atoms with E-state index in [1.807, 2.05) is 37.3 Å². The molecule has 0 aromatic heterocycles. The highest BCUT2D eigenvalue weighted by Gasteiger charge is 2.11. The van der Waals surface area contributed by atoms with Gasteiger partial charge in [0.1, 0.15) is 0 Å². The topological polar surface area (TPSA) is 87.3 Å². The average Bonchev–Trinajstić information content (AvgIpc) is 2.63. The molecule has 0 saturated heterocycles. The van der Waals surface area contributed by atoms with Crippen LogP contribution in [0.2, 0.25) is 0 Å². The molecule has 0 aliphatic rings. The maximum absolute atomic E-state index is 11.9. The first kappa shape index (κ1) is 23.6. The van der Waals surface area contributed by atoms with Gasteiger partial charge < -0.3 is 5.32 Å². The Bertz CT molecular complexity index is 621. The second kappa shape index (κ2) is 13.7. The lowest BCUT2D eigenvalue weighted by Gasteiger charge is -2.13. The van der Waals surface area contributed by atoms with Gasteiger partial charge in [-0.05, 0) is 30.9 Å². The van der Waals surface area contributed by atoms with E-state index in [-0.39, 0.29) is 17.6 Å². The second-order valence-corrected chi connectivity index (χ2v) is 8.97. The standard InChI is InChI=1S/C20H35N3O3S/c1-3-4-5-6-7-11-16-27(25,26)23-21-17-18(2)14-15-20(24)22-19-12-9-8-10-13-19/h8-10,12-13,18,21,23H,3-7,11,14-17H2,1-2H3,(H,22,24). The van der Waals surface area contributed by atoms with Crippen molar-refractivity contribution in [2.24, 2.45) is 5.92 Å². The Labute approximate surface area is 164 Å². The minimum Gasteiger partial charge on any atom is -0.326 e. The maximum Gasteiger partial charge on any atom is 0.224 e. The number of nitrogens with one attached hydrogen (secondary N) is 3. The van der Waals surface area contributed by atoms with E-state index < -0.39 is 10.0 Å². The van der Waals surface area contributed by atoms with Crippen LogP contribution in [0.1, 0.15) is 65.2 Å². The summed E-state index contributed by atoms with van der Waals surface area (Å²) < 4.78 is 23.9. The van der Waals surface area contributed by atoms with Gasteiger partial charge >= 0.3 is 0 Å². The number of unbranched alkanes of at least 4 members (excludes halogenated alkanes) is 5. The molecule has 0 heterocycles. The number of hydrogen-bond acceptors (Lipinski definition) is 4. The van der Waals surface area contributed by atoms with E-state index in [1.54, 1.807) is 0 Å². The van der Waals surface area contributed by atoms with Gasteiger partial charge in [0.2, 0.25) is 15.9 Å². The lowest BCUT2D eigenvalue weighted by atomic mass is 10.1. The Kier molecular flexibility index (Phi) is 12.0. The zero-order valence-corrected chi connectivity index (χ0v) is 17.5. The molecule has 0 bridgehead atoms. The van der Waals surface area contributed by atoms with Crippen LogP contribution in [0.4, 0.5) is 5.69 Å². The van der Waals surface area contributed by atoms with E-state index >= 15 is 0 Å². The zero-order chi connectivity index (χ0) is 20.0. The average molecular weight is 398 g/mol. The van der Waals surface area contributed by atoms with Crippen molar-refractivity contribution in [2.75, 3.05) is 17.6 Å². The molecule has 0 saturated carbocycles. The van der Waals surface area contributed by atoms with E-state index in [0.29, 0.717) is 25.8 Å². The summed E-state index contributed by atoms with van der Waals surface area (Å²) in [6.45, 7) is 4.65. The summed E-state index contributed by atoms with van der Waals surface area (Å²) in [7, 11) is -3.28. The van der Waals surface area contributed by atoms with Crippen molar-refractivity contribution < 1.29 is 13.2 Å². The summed E-state index contributed by atoms with van der Waals surface area (Å²) in [4.78, 5) is 14.4. The lowest BCUT2D eigenvalue weighted by molar-refractivity contribution is -0.116. The first-order chi connectivity index (χ1) is 12.9. The van der Waals surface area contributed by atoms with Gasteiger partial charge in [-0.1, -0.05) is 64.2 Å². The summed E-state index contributed by atoms with van der Waals surface area (Å²) in [5, 5.41) is 2.85. The number of benzene rings is 1. The molecule has 1 aromatic carbocycles. The third-order valence-electron chi connectivity index (χ3n) is 4.37. The molecule has 27 heavy (non-hydrogen) atoms. The highest BCUT2D eigenvalue weighted by Crippen LogP contribution is 2.09. The molecular formula is C20H35N3O3S. The summed E-state index contributed by atoms with van der Waals surface area (Å²) in [5.74, 6) is 0.306. The minimum atomic E-state index is -3.28. The number of anilines is 1. The third-order valence-corrected chi connectivity index (χ3v) is 5.65. The number of carbonyl (C=O) groups is 1. The zero-order valence-electron chi connectivity index (χ0n) is 16.7. The molecule has 3 N–H and O–H groups in total. The van der Waals surface area contributed by atoms with Crippen LogP contribution in [0.5, 0.6) is 0 Å². The Hall–Kier alpha value is -1.44. The van der Waals surface area contributed by atoms with Gasteiger partial charge in [0, 0.05) is 18.7 Å². The van der Waals surface area contributed by atoms with Crippen molar-refractivity contribution in [2.45, 2.75) is 65.2 Å². The predicted molar refractivity (Wildman–Crippen MR) is 112 cm³/mol. The molecule has 1 amide bonds. The summed E-state index contributed by atoms with van der Waals surface area (Å²) in [6, 6.07) is 9.35. The molecule has 1 aromatic rings. The molecule has 1 atom stereocenters. The highest BCUT2D eigenvalue weighted by atomic mass is 32.2. The number of carbonyl (C=O) groups excluding carboxylic acids is 1. The molecular weight excluding hydrogens is 362 g/mol. The Morgan fingerprint density at radius 2 is 1.70 bits per heavy atom. The monoisotopic (exact) mass is 397 g/mol. The fourth-order valence-electron chi connectivity index (χ4n) is 2.67. The van der Waals surface area contributed by atoms with Crippen LogP contribution in [0.3, 0.4) is 0 Å². The smallest absolute Gasteiger partial charge is 0.224 e. The van der Waals surface area contributed by atoms with E-state index in [2.05, 4.69) is 22.5 Å². The van der Waals surface area contributed by atoms with Gasteiger partial charge in [0.25, 0.3) is 0 Å². The summed E-state index contributed by atoms with van der Waals surface area (Å²) in [5.41, 5.74) is 3.58. The molecule has 0 aliphatic carbocycles. The Morgan fingerprint density at radius 1 is 1.04 bits per heavy atom. The van der Waals surface area contributed by atoms with Crippen molar-refractivity contribution in [1.82, 2.24) is 10.3 Å². The maximum atomic E-state index is 11.9. The van der Waals surface area contributed by atoms with Crippen LogP contribution < -0.4 is 15.6 Å². The number of para-hydroxylation sites is 1. The van der Waals surface area contributed by atoms with Crippen LogP contribution in [-0.2, 0) is 14.8 Å². The number of sulfonamides is 1. The fourth-order valence-corrected chi connectivity index (χ4v) is 3.66. The van der Waals surface area contributed by atoms with Gasteiger partial charge in [0.15, 0.2) is 0 Å². The number of rotatable bonds is 15. The van der Waals surface area contributed by atoms with Gasteiger partial charge in [0.05, 0.1) is 5.75 Å². The van der Waals surface area contributed by atoms with Gasteiger partial charge in [-0.15, -0.1) is 0 Å². The molecule has 7 heteroatoms. The highest BCUT2D eigenvalue weighted by molar-refractivity contribution is 7.89. The molecule has 0 fully saturated rings. The van der Waals surface area contributed by atoms with E-state index in [4.69, 9.17) is 0 Å². The summed E-state index contributed by atoms with van der Waals surface area (Å²) >= 11 is 0. The molecule has 154 valence electrons. The van der Waals surface area contributed by atoms with Crippen molar-refractivity contribution >= 4 is 21.6 Å². The Morgan fingerprint density at radius 3 is 2.41 bits per heavy atom. The first-order valence-corrected chi connectivity index (χ1v) is 11.7. The SMILES string of the molecule is CCCCCCCCS(=O)(=O)NNCC(C)CCC(=O)Nc1ccccc1. The normalized spacial score (nSPS) is 12.7. The van der Waals surface area contributed by atoms with Gasteiger partial charge in [-0.2, -0.15) is 4.83 Å². The van der Waals surface area contributed by atoms with Crippen molar-refractivity contribution in [1.29, 1.82) is 0 Å². The van der Waals surface area contributed by atoms with Gasteiger partial charge in [-0.3, -0.25) is 4.79 Å². The number of amides is 1. The van der Waals surface area contributed by atoms with Crippen molar-refractivity contribution in [3.63, 3.8) is 0 Å². The fraction of sp³-hybridized carbons (Fsp3) is 0.650. The van der Waals surface area contributed by atoms with Crippen LogP contribution in [0, 0.1) is 5.92 Å². The molecule has 1 unspecified atom stereocenters. The largest absolute Gasteiger partial charge is 0.326 e. The molecule has 6 nitrogen and oxygen atoms in total. The Balaban J connectivity index is 2.11. The third kappa shape index (κ3) is 12.5.